The molecule has 0 aliphatic carbocycles. The van der Waals surface area contributed by atoms with E-state index in [1.165, 1.54) is 44.8 Å². The molecular formula is C19H22N2. The van der Waals surface area contributed by atoms with E-state index < -0.39 is 0 Å². The number of hydrogen-bond acceptors (Lipinski definition) is 2. The average Bonchev–Trinajstić information content (AvgIpc) is 2.35. The molecule has 0 saturated heterocycles. The summed E-state index contributed by atoms with van der Waals surface area (Å²) < 4.78 is 0. The highest BCUT2D eigenvalue weighted by molar-refractivity contribution is 5.72. The van der Waals surface area contributed by atoms with Gasteiger partial charge in [0.15, 0.2) is 0 Å². The lowest BCUT2D eigenvalue weighted by atomic mass is 9.94. The van der Waals surface area contributed by atoms with E-state index in [9.17, 15) is 0 Å². The number of aryl methyl sites for hydroxylation is 4. The molecule has 2 aromatic rings. The Kier molecular flexibility index (Phi) is 2.59. The molecule has 2 aliphatic heterocycles. The zero-order valence-electron chi connectivity index (χ0n) is 13.3. The number of benzene rings is 2. The smallest absolute Gasteiger partial charge is 0.0910 e. The van der Waals surface area contributed by atoms with Crippen LogP contribution >= 0.6 is 0 Å². The van der Waals surface area contributed by atoms with Crippen LogP contribution in [0.2, 0.25) is 0 Å². The van der Waals surface area contributed by atoms with E-state index in [0.29, 0.717) is 0 Å². The molecule has 108 valence electrons. The van der Waals surface area contributed by atoms with Crippen LogP contribution in [0.5, 0.6) is 0 Å². The molecule has 2 heterocycles. The van der Waals surface area contributed by atoms with Crippen molar-refractivity contribution in [3.63, 3.8) is 0 Å². The normalized spacial score (nSPS) is 15.8. The summed E-state index contributed by atoms with van der Waals surface area (Å²) in [4.78, 5) is 5.07. The van der Waals surface area contributed by atoms with Crippen LogP contribution in [0.25, 0.3) is 0 Å². The van der Waals surface area contributed by atoms with Crippen molar-refractivity contribution < 1.29 is 0 Å². The van der Waals surface area contributed by atoms with Gasteiger partial charge in [-0.3, -0.25) is 0 Å². The monoisotopic (exact) mass is 278 g/mol. The van der Waals surface area contributed by atoms with E-state index in [2.05, 4.69) is 61.8 Å². The van der Waals surface area contributed by atoms with Gasteiger partial charge in [0.25, 0.3) is 0 Å². The highest BCUT2D eigenvalue weighted by Crippen LogP contribution is 2.41. The fourth-order valence-corrected chi connectivity index (χ4v) is 4.26. The maximum absolute atomic E-state index is 2.54. The molecule has 2 bridgehead atoms. The second-order valence-electron chi connectivity index (χ2n) is 6.72. The molecule has 0 saturated carbocycles. The molecule has 2 aliphatic rings. The Bertz CT molecular complexity index is 682. The van der Waals surface area contributed by atoms with Crippen LogP contribution in [0.15, 0.2) is 24.3 Å². The Morgan fingerprint density at radius 1 is 0.667 bits per heavy atom. The van der Waals surface area contributed by atoms with E-state index in [1.54, 1.807) is 0 Å². The van der Waals surface area contributed by atoms with E-state index in [0.717, 1.165) is 19.8 Å². The molecule has 0 atom stereocenters. The van der Waals surface area contributed by atoms with Crippen LogP contribution < -0.4 is 9.80 Å². The van der Waals surface area contributed by atoms with Gasteiger partial charge in [0.1, 0.15) is 0 Å². The largest absolute Gasteiger partial charge is 0.349 e. The lowest BCUT2D eigenvalue weighted by Gasteiger charge is -2.46. The van der Waals surface area contributed by atoms with Gasteiger partial charge in [-0.05, 0) is 49.9 Å². The third kappa shape index (κ3) is 1.85. The predicted molar refractivity (Wildman–Crippen MR) is 89.1 cm³/mol. The first-order chi connectivity index (χ1) is 10.0. The molecule has 0 unspecified atom stereocenters. The highest BCUT2D eigenvalue weighted by atomic mass is 15.4. The van der Waals surface area contributed by atoms with Crippen molar-refractivity contribution in [2.24, 2.45) is 0 Å². The van der Waals surface area contributed by atoms with Crippen molar-refractivity contribution in [3.8, 4) is 0 Å². The number of nitrogens with zero attached hydrogens (tertiary/aromatic N) is 2. The molecular weight excluding hydrogens is 256 g/mol. The van der Waals surface area contributed by atoms with Gasteiger partial charge in [-0.25, -0.2) is 0 Å². The molecule has 2 aromatic carbocycles. The van der Waals surface area contributed by atoms with Crippen molar-refractivity contribution in [1.82, 2.24) is 0 Å². The lowest BCUT2D eigenvalue weighted by molar-refractivity contribution is 0.646. The third-order valence-electron chi connectivity index (χ3n) is 4.74. The first-order valence-corrected chi connectivity index (χ1v) is 7.73. The summed E-state index contributed by atoms with van der Waals surface area (Å²) in [6, 6.07) is 9.34. The molecule has 2 heteroatoms. The van der Waals surface area contributed by atoms with Crippen LogP contribution in [0.4, 0.5) is 11.4 Å². The summed E-state index contributed by atoms with van der Waals surface area (Å²) in [6.45, 7) is 12.0. The lowest BCUT2D eigenvalue weighted by Crippen LogP contribution is -2.46. The minimum Gasteiger partial charge on any atom is -0.349 e. The van der Waals surface area contributed by atoms with E-state index in [1.807, 2.05) is 0 Å². The Hall–Kier alpha value is -1.96. The Morgan fingerprint density at radius 3 is 1.52 bits per heavy atom. The maximum Gasteiger partial charge on any atom is 0.0910 e. The first kappa shape index (κ1) is 12.8. The molecule has 0 fully saturated rings. The number of anilines is 2. The van der Waals surface area contributed by atoms with E-state index >= 15 is 0 Å². The zero-order chi connectivity index (χ0) is 14.7. The van der Waals surface area contributed by atoms with Gasteiger partial charge < -0.3 is 9.80 Å². The number of rotatable bonds is 0. The highest BCUT2D eigenvalue weighted by Gasteiger charge is 2.31. The Balaban J connectivity index is 1.89. The van der Waals surface area contributed by atoms with Crippen LogP contribution in [-0.2, 0) is 13.1 Å². The van der Waals surface area contributed by atoms with Crippen molar-refractivity contribution in [3.05, 3.63) is 57.6 Å². The van der Waals surface area contributed by atoms with Crippen molar-refractivity contribution in [2.45, 2.75) is 40.8 Å². The van der Waals surface area contributed by atoms with Crippen molar-refractivity contribution in [1.29, 1.82) is 0 Å². The van der Waals surface area contributed by atoms with Crippen molar-refractivity contribution in [2.75, 3.05) is 16.5 Å². The van der Waals surface area contributed by atoms with Gasteiger partial charge in [0.2, 0.25) is 0 Å². The Morgan fingerprint density at radius 2 is 1.10 bits per heavy atom. The van der Waals surface area contributed by atoms with Crippen LogP contribution in [-0.4, -0.2) is 6.67 Å². The van der Waals surface area contributed by atoms with E-state index in [4.69, 9.17) is 0 Å². The molecule has 0 amide bonds. The summed E-state index contributed by atoms with van der Waals surface area (Å²) in [5.74, 6) is 0. The molecule has 2 nitrogen and oxygen atoms in total. The van der Waals surface area contributed by atoms with Gasteiger partial charge in [-0.15, -0.1) is 0 Å². The van der Waals surface area contributed by atoms with Crippen LogP contribution in [0.3, 0.4) is 0 Å². The van der Waals surface area contributed by atoms with Gasteiger partial charge in [-0.2, -0.15) is 0 Å². The number of fused-ring (bicyclic) bond motifs is 6. The second-order valence-corrected chi connectivity index (χ2v) is 6.72. The topological polar surface area (TPSA) is 6.48 Å². The van der Waals surface area contributed by atoms with Gasteiger partial charge in [0.05, 0.1) is 6.67 Å². The summed E-state index contributed by atoms with van der Waals surface area (Å²) in [5, 5.41) is 0. The first-order valence-electron chi connectivity index (χ1n) is 7.73. The van der Waals surface area contributed by atoms with E-state index in [-0.39, 0.29) is 0 Å². The minimum atomic E-state index is 1.02. The van der Waals surface area contributed by atoms with Gasteiger partial charge in [0, 0.05) is 24.5 Å². The predicted octanol–water partition coefficient (Wildman–Crippen LogP) is 4.22. The standard InChI is InChI=1S/C19H22N2/c1-12-5-14(3)18-16(7-12)9-20-11-21(18)10-17-8-13(2)6-15(4)19(17)20/h5-8H,9-11H2,1-4H3. The fraction of sp³-hybridized carbons (Fsp3) is 0.368. The van der Waals surface area contributed by atoms with Crippen molar-refractivity contribution >= 4 is 11.4 Å². The van der Waals surface area contributed by atoms with Gasteiger partial charge >= 0.3 is 0 Å². The SMILES string of the molecule is Cc1cc(C)c2c(c1)CN1CN2Cc2cc(C)cc(C)c21. The summed E-state index contributed by atoms with van der Waals surface area (Å²) in [6.07, 6.45) is 0. The quantitative estimate of drug-likeness (QED) is 0.712. The number of hydrogen-bond donors (Lipinski definition) is 0. The average molecular weight is 278 g/mol. The Labute approximate surface area is 127 Å². The molecule has 21 heavy (non-hydrogen) atoms. The third-order valence-corrected chi connectivity index (χ3v) is 4.74. The second kappa shape index (κ2) is 4.27. The van der Waals surface area contributed by atoms with Crippen LogP contribution in [0, 0.1) is 27.7 Å². The molecule has 0 N–H and O–H groups in total. The molecule has 0 spiro atoms. The maximum atomic E-state index is 2.54. The summed E-state index contributed by atoms with van der Waals surface area (Å²) in [7, 11) is 0. The molecule has 4 rings (SSSR count). The summed E-state index contributed by atoms with van der Waals surface area (Å²) in [5.41, 5.74) is 11.4. The fourth-order valence-electron chi connectivity index (χ4n) is 4.26. The molecule has 0 radical (unpaired) electrons. The zero-order valence-corrected chi connectivity index (χ0v) is 13.3. The minimum absolute atomic E-state index is 1.02. The summed E-state index contributed by atoms with van der Waals surface area (Å²) >= 11 is 0. The van der Waals surface area contributed by atoms with Gasteiger partial charge in [-0.1, -0.05) is 35.4 Å². The van der Waals surface area contributed by atoms with Crippen LogP contribution in [0.1, 0.15) is 33.4 Å². The molecule has 0 aromatic heterocycles.